The first-order valence-corrected chi connectivity index (χ1v) is 25.0. The number of benzene rings is 5. The quantitative estimate of drug-likeness (QED) is 0.0551. The lowest BCUT2D eigenvalue weighted by molar-refractivity contribution is -0.151. The van der Waals surface area contributed by atoms with Crippen LogP contribution in [0.2, 0.25) is 0 Å². The van der Waals surface area contributed by atoms with E-state index >= 15 is 0 Å². The number of hydrogen-bond donors (Lipinski definition) is 6. The molecule has 0 bridgehead atoms. The van der Waals surface area contributed by atoms with Gasteiger partial charge in [0.25, 0.3) is 0 Å². The number of fused-ring (bicyclic) bond motifs is 4. The molecule has 12 nitrogen and oxygen atoms in total. The summed E-state index contributed by atoms with van der Waals surface area (Å²) in [4.78, 5) is 0. The van der Waals surface area contributed by atoms with Crippen molar-refractivity contribution in [3.8, 4) is 51.4 Å². The second-order valence-corrected chi connectivity index (χ2v) is 19.9. The zero-order chi connectivity index (χ0) is 46.9. The number of phenols is 3. The molecule has 0 radical (unpaired) electrons. The topological polar surface area (TPSA) is 169 Å². The number of aromatic hydroxyl groups is 3. The van der Waals surface area contributed by atoms with Crippen molar-refractivity contribution in [2.24, 2.45) is 11.8 Å². The fourth-order valence-electron chi connectivity index (χ4n) is 11.9. The van der Waals surface area contributed by atoms with Crippen molar-refractivity contribution in [3.05, 3.63) is 101 Å². The van der Waals surface area contributed by atoms with Crippen LogP contribution in [0.1, 0.15) is 118 Å². The smallest absolute Gasteiger partial charge is 0.133 e. The summed E-state index contributed by atoms with van der Waals surface area (Å²) >= 11 is 0. The molecule has 10 rings (SSSR count). The maximum Gasteiger partial charge on any atom is 0.133 e. The molecule has 0 spiro atoms. The standard InChI is InChI=1S/C56H67NO11/c1-57-48-21-18-38(61)28-51(48)68-56-46-30-50(66-40-13-5-6-14-40)44-27-37(60)17-20-43(44)55(46)67-49(15-8-22-63-2)52(56)47-31-64-54-34(26-41(29-45(54)53(47)62)65-39-11-3-4-12-39)23-33-25-36(59)16-19-42(33)32-9-7-10-35(58)24-32/h7,9-10,16-17,19-20,24-27,29-30,38-40,47-49,51-53,56-62H,3-6,8,11-15,18,21-23,28,31H2,1-2H3. The Labute approximate surface area is 399 Å². The Kier molecular flexibility index (Phi) is 13.9. The highest BCUT2D eigenvalue weighted by Gasteiger charge is 2.50. The van der Waals surface area contributed by atoms with Crippen molar-refractivity contribution in [2.75, 3.05) is 27.4 Å². The summed E-state index contributed by atoms with van der Waals surface area (Å²) in [5, 5.41) is 61.5. The molecule has 5 aromatic carbocycles. The Balaban J connectivity index is 1.10. The highest BCUT2D eigenvalue weighted by atomic mass is 16.5. The van der Waals surface area contributed by atoms with E-state index in [1.807, 2.05) is 43.4 Å². The third kappa shape index (κ3) is 9.67. The number of ether oxygens (including phenoxy) is 6. The van der Waals surface area contributed by atoms with Crippen LogP contribution in [-0.2, 0) is 15.9 Å². The second-order valence-electron chi connectivity index (χ2n) is 19.9. The van der Waals surface area contributed by atoms with Gasteiger partial charge in [-0.05, 0) is 161 Å². The van der Waals surface area contributed by atoms with Crippen LogP contribution in [0.4, 0.5) is 0 Å². The van der Waals surface area contributed by atoms with Crippen molar-refractivity contribution in [1.29, 1.82) is 0 Å². The van der Waals surface area contributed by atoms with Crippen molar-refractivity contribution in [1.82, 2.24) is 5.32 Å². The van der Waals surface area contributed by atoms with Gasteiger partial charge in [0.05, 0.1) is 43.2 Å². The molecular formula is C56H67NO11. The molecular weight excluding hydrogens is 863 g/mol. The van der Waals surface area contributed by atoms with Crippen LogP contribution in [0.15, 0.2) is 78.9 Å². The maximum atomic E-state index is 13.2. The van der Waals surface area contributed by atoms with Crippen LogP contribution in [0.25, 0.3) is 21.9 Å². The zero-order valence-corrected chi connectivity index (χ0v) is 39.3. The normalized spacial score (nSPS) is 26.2. The van der Waals surface area contributed by atoms with Crippen LogP contribution in [0.5, 0.6) is 40.2 Å². The molecule has 8 atom stereocenters. The van der Waals surface area contributed by atoms with Crippen LogP contribution in [0, 0.1) is 11.8 Å². The van der Waals surface area contributed by atoms with Gasteiger partial charge in [-0.1, -0.05) is 18.2 Å². The monoisotopic (exact) mass is 929 g/mol. The minimum Gasteiger partial charge on any atom is -0.508 e. The summed E-state index contributed by atoms with van der Waals surface area (Å²) in [6.45, 7) is 0.672. The summed E-state index contributed by atoms with van der Waals surface area (Å²) in [7, 11) is 3.64. The van der Waals surface area contributed by atoms with E-state index in [0.717, 1.165) is 96.4 Å². The van der Waals surface area contributed by atoms with Crippen LogP contribution < -0.4 is 24.3 Å². The molecule has 5 aromatic rings. The van der Waals surface area contributed by atoms with Crippen molar-refractivity contribution in [2.45, 2.75) is 139 Å². The minimum absolute atomic E-state index is 0.0165. The molecule has 68 heavy (non-hydrogen) atoms. The summed E-state index contributed by atoms with van der Waals surface area (Å²) < 4.78 is 40.9. The number of rotatable bonds is 15. The molecule has 0 saturated heterocycles. The fraction of sp³-hybridized carbons (Fsp3) is 0.500. The summed E-state index contributed by atoms with van der Waals surface area (Å²) in [6.07, 6.45) is 8.79. The van der Waals surface area contributed by atoms with Gasteiger partial charge in [-0.15, -0.1) is 0 Å². The lowest BCUT2D eigenvalue weighted by Crippen LogP contribution is -2.51. The third-order valence-electron chi connectivity index (χ3n) is 15.3. The van der Waals surface area contributed by atoms with Gasteiger partial charge in [0.1, 0.15) is 46.4 Å². The number of nitrogens with one attached hydrogen (secondary N) is 1. The van der Waals surface area contributed by atoms with Gasteiger partial charge in [-0.2, -0.15) is 0 Å². The van der Waals surface area contributed by atoms with Crippen molar-refractivity contribution in [3.63, 3.8) is 0 Å². The average Bonchev–Trinajstić information content (AvgIpc) is 4.05. The predicted molar refractivity (Wildman–Crippen MR) is 259 cm³/mol. The SMILES string of the molecule is CNC1CCC(O)CC1OC1c2cc(OC3CCCC3)c3cc(O)ccc3c2OC(CCCOC)C1C1COc2c(Cc3cc(O)ccc3-c3cccc(O)c3)cc(OC3CCCC3)cc2C1O. The van der Waals surface area contributed by atoms with E-state index in [1.54, 1.807) is 49.6 Å². The number of hydrogen-bond acceptors (Lipinski definition) is 12. The maximum absolute atomic E-state index is 13.2. The first-order chi connectivity index (χ1) is 33.1. The highest BCUT2D eigenvalue weighted by molar-refractivity contribution is 5.96. The summed E-state index contributed by atoms with van der Waals surface area (Å²) in [6, 6.07) is 23.7. The van der Waals surface area contributed by atoms with Crippen LogP contribution in [-0.4, -0.2) is 89.5 Å². The lowest BCUT2D eigenvalue weighted by Gasteiger charge is -2.48. The molecule has 3 fully saturated rings. The number of likely N-dealkylation sites (N-methyl/N-ethyl adjacent to an activating group) is 1. The van der Waals surface area contributed by atoms with E-state index in [-0.39, 0.29) is 48.2 Å². The Morgan fingerprint density at radius 2 is 1.47 bits per heavy atom. The largest absolute Gasteiger partial charge is 0.508 e. The van der Waals surface area contributed by atoms with E-state index in [9.17, 15) is 25.5 Å². The molecule has 12 heteroatoms. The van der Waals surface area contributed by atoms with E-state index < -0.39 is 36.3 Å². The van der Waals surface area contributed by atoms with E-state index in [2.05, 4.69) is 5.32 Å². The summed E-state index contributed by atoms with van der Waals surface area (Å²) in [5.74, 6) is 1.98. The van der Waals surface area contributed by atoms with Gasteiger partial charge in [0.15, 0.2) is 0 Å². The molecule has 0 aromatic heterocycles. The van der Waals surface area contributed by atoms with E-state index in [1.165, 1.54) is 0 Å². The van der Waals surface area contributed by atoms with Gasteiger partial charge in [0.2, 0.25) is 0 Å². The Bertz CT molecular complexity index is 2550. The Morgan fingerprint density at radius 1 is 0.721 bits per heavy atom. The molecule has 8 unspecified atom stereocenters. The number of phenolic OH excluding ortho intramolecular Hbond substituents is 3. The predicted octanol–water partition coefficient (Wildman–Crippen LogP) is 9.96. The zero-order valence-electron chi connectivity index (χ0n) is 39.3. The van der Waals surface area contributed by atoms with Crippen molar-refractivity contribution >= 4 is 10.8 Å². The van der Waals surface area contributed by atoms with Crippen molar-refractivity contribution < 1.29 is 54.0 Å². The molecule has 2 aliphatic heterocycles. The van der Waals surface area contributed by atoms with Crippen LogP contribution in [0.3, 0.4) is 0 Å². The van der Waals surface area contributed by atoms with Gasteiger partial charge < -0.3 is 59.3 Å². The number of aliphatic hydroxyl groups excluding tert-OH is 2. The Morgan fingerprint density at radius 3 is 2.24 bits per heavy atom. The van der Waals surface area contributed by atoms with Gasteiger partial charge in [-0.25, -0.2) is 0 Å². The third-order valence-corrected chi connectivity index (χ3v) is 15.3. The van der Waals surface area contributed by atoms with Crippen LogP contribution >= 0.6 is 0 Å². The first-order valence-electron chi connectivity index (χ1n) is 25.0. The molecule has 5 aliphatic rings. The molecule has 3 saturated carbocycles. The molecule has 3 aliphatic carbocycles. The second kappa shape index (κ2) is 20.4. The molecule has 6 N–H and O–H groups in total. The number of methoxy groups -OCH3 is 1. The number of aliphatic hydroxyl groups is 2. The van der Waals surface area contributed by atoms with Gasteiger partial charge in [-0.3, -0.25) is 0 Å². The minimum atomic E-state index is -1.03. The molecule has 362 valence electrons. The fourth-order valence-corrected chi connectivity index (χ4v) is 11.9. The van der Waals surface area contributed by atoms with E-state index in [4.69, 9.17) is 28.4 Å². The molecule has 0 amide bonds. The Hall–Kier alpha value is -5.24. The first kappa shape index (κ1) is 46.5. The lowest BCUT2D eigenvalue weighted by atomic mass is 9.72. The highest BCUT2D eigenvalue weighted by Crippen LogP contribution is 2.56. The van der Waals surface area contributed by atoms with Gasteiger partial charge in [0, 0.05) is 71.9 Å². The molecule has 2 heterocycles. The van der Waals surface area contributed by atoms with E-state index in [0.29, 0.717) is 67.3 Å². The summed E-state index contributed by atoms with van der Waals surface area (Å²) in [5.41, 5.74) is 4.72. The average molecular weight is 930 g/mol. The van der Waals surface area contributed by atoms with Gasteiger partial charge >= 0.3 is 0 Å².